The third-order valence-electron chi connectivity index (χ3n) is 2.73. The van der Waals surface area contributed by atoms with Crippen molar-refractivity contribution in [2.24, 2.45) is 0 Å². The summed E-state index contributed by atoms with van der Waals surface area (Å²) in [5.74, 6) is -0.403. The van der Waals surface area contributed by atoms with Crippen molar-refractivity contribution in [3.8, 4) is 11.5 Å². The highest BCUT2D eigenvalue weighted by Crippen LogP contribution is 2.29. The molecule has 2 rings (SSSR count). The number of aliphatic hydroxyl groups is 1. The van der Waals surface area contributed by atoms with Crippen molar-refractivity contribution in [1.29, 1.82) is 0 Å². The fourth-order valence-corrected chi connectivity index (χ4v) is 1.78. The summed E-state index contributed by atoms with van der Waals surface area (Å²) in [6, 6.07) is 8.18. The predicted molar refractivity (Wildman–Crippen MR) is 69.6 cm³/mol. The highest BCUT2D eigenvalue weighted by Gasteiger charge is 2.07. The number of ether oxygens (including phenoxy) is 2. The third kappa shape index (κ3) is 3.45. The van der Waals surface area contributed by atoms with Gasteiger partial charge in [0.05, 0.1) is 13.7 Å². The van der Waals surface area contributed by atoms with Gasteiger partial charge in [0.2, 0.25) is 0 Å². The molecule has 5 heteroatoms. The van der Waals surface area contributed by atoms with Crippen LogP contribution >= 0.6 is 0 Å². The van der Waals surface area contributed by atoms with Gasteiger partial charge in [-0.15, -0.1) is 0 Å². The second-order valence-electron chi connectivity index (χ2n) is 4.21. The first-order valence-corrected chi connectivity index (χ1v) is 5.98. The smallest absolute Gasteiger partial charge is 0.161 e. The Labute approximate surface area is 115 Å². The maximum absolute atomic E-state index is 13.0. The van der Waals surface area contributed by atoms with Crippen molar-refractivity contribution in [2.75, 3.05) is 7.11 Å². The zero-order valence-electron chi connectivity index (χ0n) is 10.9. The van der Waals surface area contributed by atoms with Gasteiger partial charge in [-0.25, -0.2) is 8.78 Å². The van der Waals surface area contributed by atoms with Crippen molar-refractivity contribution in [3.05, 3.63) is 59.2 Å². The molecule has 0 fully saturated rings. The molecule has 3 nitrogen and oxygen atoms in total. The Balaban J connectivity index is 2.14. The molecule has 0 saturated carbocycles. The fourth-order valence-electron chi connectivity index (χ4n) is 1.78. The Morgan fingerprint density at radius 3 is 2.25 bits per heavy atom. The second kappa shape index (κ2) is 6.34. The third-order valence-corrected chi connectivity index (χ3v) is 2.73. The van der Waals surface area contributed by atoms with E-state index >= 15 is 0 Å². The number of rotatable bonds is 5. The molecule has 0 bridgehead atoms. The van der Waals surface area contributed by atoms with E-state index in [0.717, 1.165) is 6.07 Å². The van der Waals surface area contributed by atoms with E-state index in [0.29, 0.717) is 22.6 Å². The summed E-state index contributed by atoms with van der Waals surface area (Å²) in [5, 5.41) is 9.04. The highest BCUT2D eigenvalue weighted by atomic mass is 19.1. The minimum atomic E-state index is -0.647. The molecule has 0 saturated heterocycles. The largest absolute Gasteiger partial charge is 0.493 e. The Hall–Kier alpha value is -2.14. The molecular weight excluding hydrogens is 266 g/mol. The van der Waals surface area contributed by atoms with Crippen molar-refractivity contribution in [1.82, 2.24) is 0 Å². The van der Waals surface area contributed by atoms with Crippen LogP contribution in [0.5, 0.6) is 11.5 Å². The lowest BCUT2D eigenvalue weighted by molar-refractivity contribution is 0.274. The van der Waals surface area contributed by atoms with Gasteiger partial charge in [0, 0.05) is 6.07 Å². The molecule has 0 radical (unpaired) electrons. The number of benzene rings is 2. The van der Waals surface area contributed by atoms with Gasteiger partial charge in [0.15, 0.2) is 11.5 Å². The molecule has 0 aliphatic heterocycles. The minimum absolute atomic E-state index is 0.0174. The molecule has 0 atom stereocenters. The summed E-state index contributed by atoms with van der Waals surface area (Å²) >= 11 is 0. The fraction of sp³-hybridized carbons (Fsp3) is 0.200. The molecule has 0 aliphatic rings. The monoisotopic (exact) mass is 280 g/mol. The first-order chi connectivity index (χ1) is 9.62. The quantitative estimate of drug-likeness (QED) is 0.915. The molecule has 2 aromatic carbocycles. The van der Waals surface area contributed by atoms with Gasteiger partial charge in [0.25, 0.3) is 0 Å². The van der Waals surface area contributed by atoms with E-state index in [1.807, 2.05) is 0 Å². The summed E-state index contributed by atoms with van der Waals surface area (Å²) < 4.78 is 36.7. The molecule has 0 amide bonds. The Morgan fingerprint density at radius 2 is 1.65 bits per heavy atom. The average Bonchev–Trinajstić information content (AvgIpc) is 2.44. The molecule has 1 N–H and O–H groups in total. The van der Waals surface area contributed by atoms with Crippen LogP contribution in [0.25, 0.3) is 0 Å². The SMILES string of the molecule is COc1cc(CO)ccc1OCc1cc(F)cc(F)c1. The van der Waals surface area contributed by atoms with Crippen LogP contribution in [0.3, 0.4) is 0 Å². The van der Waals surface area contributed by atoms with E-state index < -0.39 is 11.6 Å². The van der Waals surface area contributed by atoms with Crippen LogP contribution in [0.1, 0.15) is 11.1 Å². The topological polar surface area (TPSA) is 38.7 Å². The lowest BCUT2D eigenvalue weighted by atomic mass is 10.2. The van der Waals surface area contributed by atoms with Crippen molar-refractivity contribution in [3.63, 3.8) is 0 Å². The van der Waals surface area contributed by atoms with Gasteiger partial charge in [-0.05, 0) is 35.4 Å². The van der Waals surface area contributed by atoms with Gasteiger partial charge >= 0.3 is 0 Å². The van der Waals surface area contributed by atoms with Crippen molar-refractivity contribution in [2.45, 2.75) is 13.2 Å². The van der Waals surface area contributed by atoms with Gasteiger partial charge in [-0.3, -0.25) is 0 Å². The molecule has 20 heavy (non-hydrogen) atoms. The minimum Gasteiger partial charge on any atom is -0.493 e. The van der Waals surface area contributed by atoms with E-state index in [2.05, 4.69) is 0 Å². The van der Waals surface area contributed by atoms with E-state index in [-0.39, 0.29) is 13.2 Å². The van der Waals surface area contributed by atoms with Gasteiger partial charge in [-0.2, -0.15) is 0 Å². The zero-order valence-corrected chi connectivity index (χ0v) is 10.9. The lowest BCUT2D eigenvalue weighted by Gasteiger charge is -2.12. The van der Waals surface area contributed by atoms with Crippen LogP contribution in [0.15, 0.2) is 36.4 Å². The number of hydrogen-bond acceptors (Lipinski definition) is 3. The first-order valence-electron chi connectivity index (χ1n) is 5.98. The van der Waals surface area contributed by atoms with E-state index in [1.165, 1.54) is 19.2 Å². The Kier molecular flexibility index (Phi) is 4.53. The number of methoxy groups -OCH3 is 1. The molecule has 0 aliphatic carbocycles. The van der Waals surface area contributed by atoms with Crippen LogP contribution in [-0.2, 0) is 13.2 Å². The van der Waals surface area contributed by atoms with Gasteiger partial charge in [0.1, 0.15) is 18.2 Å². The molecule has 0 unspecified atom stereocenters. The summed E-state index contributed by atoms with van der Waals surface area (Å²) in [6.45, 7) is -0.0880. The summed E-state index contributed by atoms with van der Waals surface area (Å²) in [5.41, 5.74) is 1.07. The second-order valence-corrected chi connectivity index (χ2v) is 4.21. The maximum atomic E-state index is 13.0. The molecule has 106 valence electrons. The predicted octanol–water partition coefficient (Wildman–Crippen LogP) is 3.04. The summed E-state index contributed by atoms with van der Waals surface area (Å²) in [4.78, 5) is 0. The molecule has 0 heterocycles. The van der Waals surface area contributed by atoms with Crippen LogP contribution in [0.4, 0.5) is 8.78 Å². The van der Waals surface area contributed by atoms with Gasteiger partial charge in [-0.1, -0.05) is 6.07 Å². The number of aliphatic hydroxyl groups excluding tert-OH is 1. The Bertz CT molecular complexity index is 579. The van der Waals surface area contributed by atoms with Crippen molar-refractivity contribution < 1.29 is 23.4 Å². The van der Waals surface area contributed by atoms with E-state index in [1.54, 1.807) is 18.2 Å². The van der Waals surface area contributed by atoms with Crippen LogP contribution in [0, 0.1) is 11.6 Å². The summed E-state index contributed by atoms with van der Waals surface area (Å²) in [7, 11) is 1.48. The molecule has 0 aromatic heterocycles. The number of halogens is 2. The van der Waals surface area contributed by atoms with E-state index in [4.69, 9.17) is 14.6 Å². The highest BCUT2D eigenvalue weighted by molar-refractivity contribution is 5.42. The summed E-state index contributed by atoms with van der Waals surface area (Å²) in [6.07, 6.45) is 0. The average molecular weight is 280 g/mol. The van der Waals surface area contributed by atoms with Gasteiger partial charge < -0.3 is 14.6 Å². The molecular formula is C15H14F2O3. The maximum Gasteiger partial charge on any atom is 0.161 e. The number of hydrogen-bond donors (Lipinski definition) is 1. The standard InChI is InChI=1S/C15H14F2O3/c1-19-15-6-10(8-18)2-3-14(15)20-9-11-4-12(16)7-13(17)5-11/h2-7,18H,8-9H2,1H3. The Morgan fingerprint density at radius 1 is 0.950 bits per heavy atom. The van der Waals surface area contributed by atoms with Crippen LogP contribution in [0.2, 0.25) is 0 Å². The molecule has 0 spiro atoms. The van der Waals surface area contributed by atoms with Crippen LogP contribution < -0.4 is 9.47 Å². The van der Waals surface area contributed by atoms with E-state index in [9.17, 15) is 8.78 Å². The van der Waals surface area contributed by atoms with Crippen LogP contribution in [-0.4, -0.2) is 12.2 Å². The first kappa shape index (κ1) is 14.3. The zero-order chi connectivity index (χ0) is 14.5. The molecule has 2 aromatic rings. The van der Waals surface area contributed by atoms with Crippen molar-refractivity contribution >= 4 is 0 Å². The lowest BCUT2D eigenvalue weighted by Crippen LogP contribution is -1.99. The normalized spacial score (nSPS) is 10.4.